The monoisotopic (exact) mass is 333 g/mol. The predicted molar refractivity (Wildman–Crippen MR) is 94.1 cm³/mol. The lowest BCUT2D eigenvalue weighted by atomic mass is 9.87. The van der Waals surface area contributed by atoms with Gasteiger partial charge in [0.05, 0.1) is 6.04 Å². The average Bonchev–Trinajstić information content (AvgIpc) is 3.08. The summed E-state index contributed by atoms with van der Waals surface area (Å²) in [5.74, 6) is 0.996. The molecule has 25 heavy (non-hydrogen) atoms. The van der Waals surface area contributed by atoms with Crippen LogP contribution in [-0.2, 0) is 6.42 Å². The fourth-order valence-corrected chi connectivity index (χ4v) is 3.33. The number of aromatic nitrogens is 2. The molecule has 2 aromatic carbocycles. The van der Waals surface area contributed by atoms with Crippen LogP contribution in [-0.4, -0.2) is 16.0 Å². The van der Waals surface area contributed by atoms with E-state index in [0.29, 0.717) is 17.3 Å². The van der Waals surface area contributed by atoms with E-state index in [4.69, 9.17) is 4.52 Å². The summed E-state index contributed by atoms with van der Waals surface area (Å²) in [5.41, 5.74) is 4.03. The first-order valence-electron chi connectivity index (χ1n) is 8.50. The van der Waals surface area contributed by atoms with Crippen molar-refractivity contribution in [2.24, 2.45) is 0 Å². The minimum absolute atomic E-state index is 0.0578. The molecule has 0 radical (unpaired) electrons. The highest BCUT2D eigenvalue weighted by atomic mass is 16.5. The van der Waals surface area contributed by atoms with Crippen LogP contribution in [0.25, 0.3) is 11.4 Å². The number of hydrogen-bond acceptors (Lipinski definition) is 4. The molecular weight excluding hydrogens is 314 g/mol. The normalized spacial score (nSPS) is 16.3. The van der Waals surface area contributed by atoms with Gasteiger partial charge in [0.15, 0.2) is 0 Å². The molecule has 1 aliphatic rings. The SMILES string of the molecule is Cc1nc(-c2ccc(C(=O)N[C@@H]3CCCc4ccccc43)cc2)no1. The van der Waals surface area contributed by atoms with E-state index in [-0.39, 0.29) is 11.9 Å². The Bertz CT molecular complexity index is 899. The van der Waals surface area contributed by atoms with E-state index >= 15 is 0 Å². The Labute approximate surface area is 146 Å². The van der Waals surface area contributed by atoms with Crippen LogP contribution in [0.5, 0.6) is 0 Å². The Hall–Kier alpha value is -2.95. The van der Waals surface area contributed by atoms with Crippen molar-refractivity contribution in [3.63, 3.8) is 0 Å². The highest BCUT2D eigenvalue weighted by Crippen LogP contribution is 2.29. The van der Waals surface area contributed by atoms with Crippen LogP contribution in [0, 0.1) is 6.92 Å². The standard InChI is InChI=1S/C20H19N3O2/c1-13-21-19(23-25-13)15-9-11-16(12-10-15)20(24)22-18-8-4-6-14-5-2-3-7-17(14)18/h2-3,5,7,9-12,18H,4,6,8H2,1H3,(H,22,24)/t18-/m1/s1. The van der Waals surface area contributed by atoms with Gasteiger partial charge in [0.2, 0.25) is 11.7 Å². The second-order valence-corrected chi connectivity index (χ2v) is 6.33. The van der Waals surface area contributed by atoms with Crippen molar-refractivity contribution in [1.29, 1.82) is 0 Å². The summed E-state index contributed by atoms with van der Waals surface area (Å²) < 4.78 is 4.99. The molecule has 1 heterocycles. The Morgan fingerprint density at radius 2 is 1.96 bits per heavy atom. The van der Waals surface area contributed by atoms with Crippen LogP contribution in [0.3, 0.4) is 0 Å². The molecule has 0 saturated carbocycles. The third-order valence-corrected chi connectivity index (χ3v) is 4.61. The number of hydrogen-bond donors (Lipinski definition) is 1. The van der Waals surface area contributed by atoms with Crippen LogP contribution in [0.1, 0.15) is 46.3 Å². The molecule has 0 saturated heterocycles. The van der Waals surface area contributed by atoms with E-state index in [1.165, 1.54) is 11.1 Å². The minimum atomic E-state index is -0.0578. The van der Waals surface area contributed by atoms with E-state index in [0.717, 1.165) is 24.8 Å². The van der Waals surface area contributed by atoms with Crippen molar-refractivity contribution in [1.82, 2.24) is 15.5 Å². The lowest BCUT2D eigenvalue weighted by molar-refractivity contribution is 0.0933. The Balaban J connectivity index is 1.50. The van der Waals surface area contributed by atoms with Gasteiger partial charge in [-0.2, -0.15) is 4.98 Å². The van der Waals surface area contributed by atoms with Gasteiger partial charge in [0, 0.05) is 18.1 Å². The van der Waals surface area contributed by atoms with Gasteiger partial charge in [-0.3, -0.25) is 4.79 Å². The smallest absolute Gasteiger partial charge is 0.251 e. The molecule has 5 heteroatoms. The molecule has 126 valence electrons. The highest BCUT2D eigenvalue weighted by Gasteiger charge is 2.21. The van der Waals surface area contributed by atoms with Crippen LogP contribution >= 0.6 is 0 Å². The Morgan fingerprint density at radius 3 is 2.72 bits per heavy atom. The van der Waals surface area contributed by atoms with Crippen molar-refractivity contribution in [2.75, 3.05) is 0 Å². The summed E-state index contributed by atoms with van der Waals surface area (Å²) in [6.45, 7) is 1.75. The molecule has 0 bridgehead atoms. The maximum Gasteiger partial charge on any atom is 0.251 e. The molecule has 0 fully saturated rings. The number of carbonyl (C=O) groups is 1. The first kappa shape index (κ1) is 15.6. The molecule has 0 unspecified atom stereocenters. The highest BCUT2D eigenvalue weighted by molar-refractivity contribution is 5.94. The van der Waals surface area contributed by atoms with Crippen molar-refractivity contribution in [2.45, 2.75) is 32.2 Å². The molecule has 4 rings (SSSR count). The molecule has 1 N–H and O–H groups in total. The van der Waals surface area contributed by atoms with Gasteiger partial charge in [0.25, 0.3) is 5.91 Å². The van der Waals surface area contributed by atoms with Gasteiger partial charge in [-0.05, 0) is 42.5 Å². The summed E-state index contributed by atoms with van der Waals surface area (Å²) >= 11 is 0. The van der Waals surface area contributed by atoms with Gasteiger partial charge in [-0.1, -0.05) is 41.6 Å². The van der Waals surface area contributed by atoms with E-state index < -0.39 is 0 Å². The third kappa shape index (κ3) is 3.18. The van der Waals surface area contributed by atoms with E-state index in [2.05, 4.69) is 33.7 Å². The topological polar surface area (TPSA) is 68.0 Å². The molecular formula is C20H19N3O2. The average molecular weight is 333 g/mol. The molecule has 0 spiro atoms. The number of benzene rings is 2. The molecule has 5 nitrogen and oxygen atoms in total. The Kier molecular flexibility index (Phi) is 4.06. The van der Waals surface area contributed by atoms with Gasteiger partial charge in [0.1, 0.15) is 0 Å². The van der Waals surface area contributed by atoms with Gasteiger partial charge in [-0.25, -0.2) is 0 Å². The second-order valence-electron chi connectivity index (χ2n) is 6.33. The van der Waals surface area contributed by atoms with Crippen LogP contribution in [0.2, 0.25) is 0 Å². The van der Waals surface area contributed by atoms with Crippen LogP contribution in [0.15, 0.2) is 53.1 Å². The minimum Gasteiger partial charge on any atom is -0.345 e. The van der Waals surface area contributed by atoms with E-state index in [1.54, 1.807) is 19.1 Å². The largest absolute Gasteiger partial charge is 0.345 e. The van der Waals surface area contributed by atoms with Crippen LogP contribution in [0.4, 0.5) is 0 Å². The maximum absolute atomic E-state index is 12.6. The quantitative estimate of drug-likeness (QED) is 0.790. The fraction of sp³-hybridized carbons (Fsp3) is 0.250. The van der Waals surface area contributed by atoms with Crippen molar-refractivity contribution < 1.29 is 9.32 Å². The zero-order valence-corrected chi connectivity index (χ0v) is 14.0. The summed E-state index contributed by atoms with van der Waals surface area (Å²) in [7, 11) is 0. The zero-order valence-electron chi connectivity index (χ0n) is 14.0. The van der Waals surface area contributed by atoms with E-state index in [9.17, 15) is 4.79 Å². The molecule has 1 aromatic heterocycles. The summed E-state index contributed by atoms with van der Waals surface area (Å²) in [5, 5.41) is 7.06. The summed E-state index contributed by atoms with van der Waals surface area (Å²) in [6, 6.07) is 15.7. The number of carbonyl (C=O) groups excluding carboxylic acids is 1. The number of rotatable bonds is 3. The maximum atomic E-state index is 12.6. The molecule has 3 aromatic rings. The Morgan fingerprint density at radius 1 is 1.16 bits per heavy atom. The molecule has 1 aliphatic carbocycles. The number of nitrogens with one attached hydrogen (secondary N) is 1. The molecule has 0 aliphatic heterocycles. The fourth-order valence-electron chi connectivity index (χ4n) is 3.33. The first-order valence-corrected chi connectivity index (χ1v) is 8.50. The third-order valence-electron chi connectivity index (χ3n) is 4.61. The lowest BCUT2D eigenvalue weighted by Gasteiger charge is -2.26. The first-order chi connectivity index (χ1) is 12.2. The molecule has 1 amide bonds. The summed E-state index contributed by atoms with van der Waals surface area (Å²) in [4.78, 5) is 16.8. The predicted octanol–water partition coefficient (Wildman–Crippen LogP) is 3.85. The number of aryl methyl sites for hydroxylation is 2. The van der Waals surface area contributed by atoms with Gasteiger partial charge in [-0.15, -0.1) is 0 Å². The van der Waals surface area contributed by atoms with Crippen molar-refractivity contribution in [3.8, 4) is 11.4 Å². The molecule has 1 atom stereocenters. The van der Waals surface area contributed by atoms with Crippen molar-refractivity contribution in [3.05, 3.63) is 71.1 Å². The summed E-state index contributed by atoms with van der Waals surface area (Å²) in [6.07, 6.45) is 3.16. The van der Waals surface area contributed by atoms with Crippen LogP contribution < -0.4 is 5.32 Å². The lowest BCUT2D eigenvalue weighted by Crippen LogP contribution is -2.30. The second kappa shape index (κ2) is 6.51. The van der Waals surface area contributed by atoms with Gasteiger partial charge >= 0.3 is 0 Å². The zero-order chi connectivity index (χ0) is 17.2. The number of fused-ring (bicyclic) bond motifs is 1. The van der Waals surface area contributed by atoms with Gasteiger partial charge < -0.3 is 9.84 Å². The van der Waals surface area contributed by atoms with E-state index in [1.807, 2.05) is 18.2 Å². The number of amides is 1. The van der Waals surface area contributed by atoms with Crippen molar-refractivity contribution >= 4 is 5.91 Å². The number of nitrogens with zero attached hydrogens (tertiary/aromatic N) is 2.